The van der Waals surface area contributed by atoms with Gasteiger partial charge in [-0.25, -0.2) is 14.6 Å². The lowest BCUT2D eigenvalue weighted by Crippen LogP contribution is -2.05. The van der Waals surface area contributed by atoms with Crippen LogP contribution in [0.15, 0.2) is 36.8 Å². The third-order valence-corrected chi connectivity index (χ3v) is 3.32. The van der Waals surface area contributed by atoms with Crippen molar-refractivity contribution in [2.45, 2.75) is 13.0 Å². The van der Waals surface area contributed by atoms with E-state index in [0.717, 1.165) is 16.6 Å². The van der Waals surface area contributed by atoms with Crippen LogP contribution >= 0.6 is 0 Å². The largest absolute Gasteiger partial charge is 0.481 e. The third kappa shape index (κ3) is 3.27. The van der Waals surface area contributed by atoms with Crippen LogP contribution < -0.4 is 5.32 Å². The fourth-order valence-electron chi connectivity index (χ4n) is 2.27. The number of carboxylic acid groups (broad SMARTS) is 1. The molecule has 3 N–H and O–H groups in total. The van der Waals surface area contributed by atoms with E-state index < -0.39 is 5.97 Å². The lowest BCUT2D eigenvalue weighted by molar-refractivity contribution is -0.136. The van der Waals surface area contributed by atoms with Gasteiger partial charge in [-0.15, -0.1) is 0 Å². The van der Waals surface area contributed by atoms with Crippen molar-refractivity contribution in [1.82, 2.24) is 19.7 Å². The molecule has 0 aliphatic heterocycles. The van der Waals surface area contributed by atoms with Crippen LogP contribution in [0.5, 0.6) is 0 Å². The first kappa shape index (κ1) is 14.9. The summed E-state index contributed by atoms with van der Waals surface area (Å²) < 4.78 is 1.61. The summed E-state index contributed by atoms with van der Waals surface area (Å²) in [4.78, 5) is 19.1. The Hall–Kier alpha value is -3.00. The molecule has 0 atom stereocenters. The molecule has 2 heterocycles. The van der Waals surface area contributed by atoms with Gasteiger partial charge in [0.2, 0.25) is 0 Å². The van der Waals surface area contributed by atoms with E-state index in [1.807, 2.05) is 0 Å². The zero-order valence-electron chi connectivity index (χ0n) is 12.2. The standard InChI is InChI=1S/C15H15N5O3/c21-6-5-20-15-12(8-18-20)14(16-9-17-15)19-11-3-1-10(2-4-11)7-13(22)23/h1-4,8-9,21H,5-7H2,(H,22,23)(H,16,17,19). The summed E-state index contributed by atoms with van der Waals surface area (Å²) in [5, 5.41) is 25.9. The maximum absolute atomic E-state index is 10.7. The van der Waals surface area contributed by atoms with Crippen LogP contribution in [0.1, 0.15) is 5.56 Å². The van der Waals surface area contributed by atoms with E-state index >= 15 is 0 Å². The molecule has 0 unspecified atom stereocenters. The van der Waals surface area contributed by atoms with E-state index in [1.165, 1.54) is 6.33 Å². The maximum Gasteiger partial charge on any atom is 0.307 e. The average molecular weight is 313 g/mol. The van der Waals surface area contributed by atoms with Crippen LogP contribution in [0.2, 0.25) is 0 Å². The molecule has 118 valence electrons. The highest BCUT2D eigenvalue weighted by Crippen LogP contribution is 2.22. The molecule has 0 spiro atoms. The van der Waals surface area contributed by atoms with E-state index in [0.29, 0.717) is 18.0 Å². The number of nitrogens with zero attached hydrogens (tertiary/aromatic N) is 4. The van der Waals surface area contributed by atoms with Gasteiger partial charge in [0.25, 0.3) is 0 Å². The number of aromatic nitrogens is 4. The molecular formula is C15H15N5O3. The molecular weight excluding hydrogens is 298 g/mol. The van der Waals surface area contributed by atoms with Crippen molar-refractivity contribution in [3.63, 3.8) is 0 Å². The van der Waals surface area contributed by atoms with Gasteiger partial charge in [0, 0.05) is 5.69 Å². The van der Waals surface area contributed by atoms with Crippen molar-refractivity contribution in [2.24, 2.45) is 0 Å². The molecule has 8 heteroatoms. The molecule has 23 heavy (non-hydrogen) atoms. The molecule has 3 rings (SSSR count). The Morgan fingerprint density at radius 2 is 2.00 bits per heavy atom. The molecule has 1 aromatic carbocycles. The number of carboxylic acids is 1. The molecule has 0 fully saturated rings. The predicted molar refractivity (Wildman–Crippen MR) is 83.5 cm³/mol. The van der Waals surface area contributed by atoms with Gasteiger partial charge in [-0.2, -0.15) is 5.10 Å². The number of aliphatic hydroxyl groups excluding tert-OH is 1. The third-order valence-electron chi connectivity index (χ3n) is 3.32. The summed E-state index contributed by atoms with van der Waals surface area (Å²) in [7, 11) is 0. The number of aliphatic hydroxyl groups is 1. The van der Waals surface area contributed by atoms with Gasteiger partial charge in [0.05, 0.1) is 31.2 Å². The summed E-state index contributed by atoms with van der Waals surface area (Å²) >= 11 is 0. The van der Waals surface area contributed by atoms with Crippen molar-refractivity contribution < 1.29 is 15.0 Å². The molecule has 0 saturated heterocycles. The zero-order valence-corrected chi connectivity index (χ0v) is 12.2. The minimum Gasteiger partial charge on any atom is -0.481 e. The monoisotopic (exact) mass is 313 g/mol. The van der Waals surface area contributed by atoms with Crippen LogP contribution in [0.3, 0.4) is 0 Å². The second-order valence-corrected chi connectivity index (χ2v) is 4.94. The molecule has 0 saturated carbocycles. The van der Waals surface area contributed by atoms with E-state index in [4.69, 9.17) is 10.2 Å². The number of benzene rings is 1. The van der Waals surface area contributed by atoms with Crippen molar-refractivity contribution in [3.05, 3.63) is 42.4 Å². The number of hydrogen-bond donors (Lipinski definition) is 3. The van der Waals surface area contributed by atoms with Gasteiger partial charge in [-0.1, -0.05) is 12.1 Å². The number of hydrogen-bond acceptors (Lipinski definition) is 6. The molecule has 0 aliphatic carbocycles. The highest BCUT2D eigenvalue weighted by Gasteiger charge is 2.09. The number of anilines is 2. The van der Waals surface area contributed by atoms with Gasteiger partial charge in [-0.05, 0) is 17.7 Å². The van der Waals surface area contributed by atoms with Crippen molar-refractivity contribution in [1.29, 1.82) is 0 Å². The van der Waals surface area contributed by atoms with Gasteiger partial charge >= 0.3 is 5.97 Å². The minimum atomic E-state index is -0.862. The molecule has 2 aromatic heterocycles. The Balaban J connectivity index is 1.85. The van der Waals surface area contributed by atoms with Crippen molar-refractivity contribution in [3.8, 4) is 0 Å². The second-order valence-electron chi connectivity index (χ2n) is 4.94. The summed E-state index contributed by atoms with van der Waals surface area (Å²) in [6.07, 6.45) is 3.07. The molecule has 0 radical (unpaired) electrons. The molecule has 0 aliphatic rings. The fourth-order valence-corrected chi connectivity index (χ4v) is 2.27. The SMILES string of the molecule is O=C(O)Cc1ccc(Nc2ncnc3c2cnn3CCO)cc1. The number of carbonyl (C=O) groups is 1. The Bertz CT molecular complexity index is 829. The van der Waals surface area contributed by atoms with Gasteiger partial charge in [0.15, 0.2) is 5.65 Å². The van der Waals surface area contributed by atoms with E-state index in [2.05, 4.69) is 20.4 Å². The first-order chi connectivity index (χ1) is 11.2. The van der Waals surface area contributed by atoms with Crippen LogP contribution in [0.25, 0.3) is 11.0 Å². The van der Waals surface area contributed by atoms with Gasteiger partial charge < -0.3 is 15.5 Å². The van der Waals surface area contributed by atoms with E-state index in [9.17, 15) is 4.79 Å². The Morgan fingerprint density at radius 3 is 2.70 bits per heavy atom. The van der Waals surface area contributed by atoms with E-state index in [-0.39, 0.29) is 13.0 Å². The van der Waals surface area contributed by atoms with Crippen LogP contribution in [-0.2, 0) is 17.8 Å². The second kappa shape index (κ2) is 6.41. The molecule has 3 aromatic rings. The summed E-state index contributed by atoms with van der Waals surface area (Å²) in [5.74, 6) is -0.260. The van der Waals surface area contributed by atoms with Crippen LogP contribution in [0.4, 0.5) is 11.5 Å². The van der Waals surface area contributed by atoms with Crippen molar-refractivity contribution >= 4 is 28.5 Å². The predicted octanol–water partition coefficient (Wildman–Crippen LogP) is 1.19. The normalized spacial score (nSPS) is 10.8. The van der Waals surface area contributed by atoms with Crippen LogP contribution in [-0.4, -0.2) is 42.5 Å². The topological polar surface area (TPSA) is 113 Å². The highest BCUT2D eigenvalue weighted by atomic mass is 16.4. The Morgan fingerprint density at radius 1 is 1.22 bits per heavy atom. The van der Waals surface area contributed by atoms with Crippen molar-refractivity contribution in [2.75, 3.05) is 11.9 Å². The first-order valence-electron chi connectivity index (χ1n) is 7.02. The quantitative estimate of drug-likeness (QED) is 0.626. The Kier molecular flexibility index (Phi) is 4.15. The number of nitrogens with one attached hydrogen (secondary N) is 1. The number of aliphatic carboxylic acids is 1. The lowest BCUT2D eigenvalue weighted by atomic mass is 10.1. The number of fused-ring (bicyclic) bond motifs is 1. The highest BCUT2D eigenvalue weighted by molar-refractivity contribution is 5.88. The smallest absolute Gasteiger partial charge is 0.307 e. The zero-order chi connectivity index (χ0) is 16.2. The van der Waals surface area contributed by atoms with E-state index in [1.54, 1.807) is 35.1 Å². The molecule has 0 amide bonds. The first-order valence-corrected chi connectivity index (χ1v) is 7.02. The van der Waals surface area contributed by atoms with Gasteiger partial charge in [-0.3, -0.25) is 4.79 Å². The number of rotatable bonds is 6. The fraction of sp³-hybridized carbons (Fsp3) is 0.200. The molecule has 0 bridgehead atoms. The lowest BCUT2D eigenvalue weighted by Gasteiger charge is -2.07. The summed E-state index contributed by atoms with van der Waals surface area (Å²) in [5.41, 5.74) is 2.15. The average Bonchev–Trinajstić information content (AvgIpc) is 2.94. The Labute approximate surface area is 131 Å². The summed E-state index contributed by atoms with van der Waals surface area (Å²) in [6.45, 7) is 0.346. The molecule has 8 nitrogen and oxygen atoms in total. The summed E-state index contributed by atoms with van der Waals surface area (Å²) in [6, 6.07) is 7.10. The van der Waals surface area contributed by atoms with Crippen LogP contribution in [0, 0.1) is 0 Å². The van der Waals surface area contributed by atoms with Gasteiger partial charge in [0.1, 0.15) is 12.1 Å². The maximum atomic E-state index is 10.7. The minimum absolute atomic E-state index is 0.00797.